The molecule has 186 valence electrons. The van der Waals surface area contributed by atoms with Crippen molar-refractivity contribution in [3.63, 3.8) is 0 Å². The fourth-order valence-electron chi connectivity index (χ4n) is 4.51. The van der Waals surface area contributed by atoms with Gasteiger partial charge in [0.1, 0.15) is 5.75 Å². The van der Waals surface area contributed by atoms with Crippen LogP contribution in [0.4, 0.5) is 14.5 Å². The van der Waals surface area contributed by atoms with Crippen LogP contribution in [-0.2, 0) is 11.2 Å². The van der Waals surface area contributed by atoms with Gasteiger partial charge in [-0.1, -0.05) is 44.5 Å². The number of rotatable bonds is 7. The zero-order chi connectivity index (χ0) is 25.3. The lowest BCUT2D eigenvalue weighted by molar-refractivity contribution is -0.121. The van der Waals surface area contributed by atoms with E-state index in [9.17, 15) is 18.4 Å². The molecule has 1 fully saturated rings. The highest BCUT2D eigenvalue weighted by molar-refractivity contribution is 5.96. The summed E-state index contributed by atoms with van der Waals surface area (Å²) < 4.78 is 30.4. The number of aryl methyl sites for hydroxylation is 1. The molecule has 0 spiro atoms. The summed E-state index contributed by atoms with van der Waals surface area (Å²) in [4.78, 5) is 23.5. The average molecular weight is 474 g/mol. The van der Waals surface area contributed by atoms with Gasteiger partial charge in [-0.2, -0.15) is 0 Å². The number of carbonyl (C=O) groups is 2. The second kappa shape index (κ2) is 13.2. The van der Waals surface area contributed by atoms with Gasteiger partial charge < -0.3 is 10.1 Å². The van der Waals surface area contributed by atoms with Crippen LogP contribution in [0.15, 0.2) is 36.4 Å². The highest BCUT2D eigenvalue weighted by atomic mass is 19.3. The molecule has 2 aromatic rings. The monoisotopic (exact) mass is 473 g/mol. The number of benzene rings is 2. The Morgan fingerprint density at radius 1 is 1.09 bits per heavy atom. The largest absolute Gasteiger partial charge is 0.496 e. The number of hydrogen-bond donors (Lipinski definition) is 1. The van der Waals surface area contributed by atoms with Gasteiger partial charge in [-0.05, 0) is 69.1 Å². The summed E-state index contributed by atoms with van der Waals surface area (Å²) in [6.07, 6.45) is 3.60. The van der Waals surface area contributed by atoms with Crippen LogP contribution in [0.2, 0.25) is 0 Å². The SMILES string of the molecule is CCC1CCC(C(=O)Nc2ccc(C)c(OC)c2)CC1.CCc1c(C(C)=O)cccc1C(F)F. The summed E-state index contributed by atoms with van der Waals surface area (Å²) in [7, 11) is 1.65. The van der Waals surface area contributed by atoms with Crippen molar-refractivity contribution in [3.05, 3.63) is 58.7 Å². The molecule has 0 atom stereocenters. The summed E-state index contributed by atoms with van der Waals surface area (Å²) in [5.41, 5.74) is 2.75. The minimum atomic E-state index is -2.51. The molecule has 0 aromatic heterocycles. The number of ether oxygens (including phenoxy) is 1. The normalized spacial score (nSPS) is 17.5. The van der Waals surface area contributed by atoms with E-state index in [2.05, 4.69) is 12.2 Å². The maximum Gasteiger partial charge on any atom is 0.264 e. The van der Waals surface area contributed by atoms with Gasteiger partial charge in [0.15, 0.2) is 5.78 Å². The van der Waals surface area contributed by atoms with Crippen LogP contribution in [-0.4, -0.2) is 18.8 Å². The Morgan fingerprint density at radius 3 is 2.29 bits per heavy atom. The Hall–Kier alpha value is -2.76. The van der Waals surface area contributed by atoms with Crippen LogP contribution in [0.25, 0.3) is 0 Å². The van der Waals surface area contributed by atoms with E-state index in [-0.39, 0.29) is 23.2 Å². The molecule has 6 heteroatoms. The summed E-state index contributed by atoms with van der Waals surface area (Å²) in [5.74, 6) is 1.80. The maximum absolute atomic E-state index is 12.5. The molecule has 1 N–H and O–H groups in total. The third-order valence-corrected chi connectivity index (χ3v) is 6.65. The first kappa shape index (κ1) is 27.5. The van der Waals surface area contributed by atoms with E-state index in [4.69, 9.17) is 4.74 Å². The van der Waals surface area contributed by atoms with Gasteiger partial charge in [-0.3, -0.25) is 9.59 Å². The quantitative estimate of drug-likeness (QED) is 0.423. The number of halogens is 2. The van der Waals surface area contributed by atoms with Crippen LogP contribution < -0.4 is 10.1 Å². The van der Waals surface area contributed by atoms with E-state index in [0.717, 1.165) is 35.8 Å². The second-order valence-electron chi connectivity index (χ2n) is 8.88. The van der Waals surface area contributed by atoms with Gasteiger partial charge in [-0.15, -0.1) is 0 Å². The molecule has 0 saturated heterocycles. The molecule has 1 amide bonds. The number of amides is 1. The molecule has 3 rings (SSSR count). The molecule has 1 aliphatic carbocycles. The molecular formula is C28H37F2NO3. The van der Waals surface area contributed by atoms with Gasteiger partial charge in [0.05, 0.1) is 7.11 Å². The number of hydrogen-bond acceptors (Lipinski definition) is 3. The predicted molar refractivity (Wildman–Crippen MR) is 133 cm³/mol. The van der Waals surface area contributed by atoms with E-state index in [1.165, 1.54) is 38.3 Å². The molecule has 0 unspecified atom stereocenters. The zero-order valence-electron chi connectivity index (χ0n) is 20.9. The van der Waals surface area contributed by atoms with Crippen LogP contribution in [0, 0.1) is 18.8 Å². The first-order valence-electron chi connectivity index (χ1n) is 12.1. The Balaban J connectivity index is 0.000000257. The van der Waals surface area contributed by atoms with E-state index in [1.54, 1.807) is 20.1 Å². The van der Waals surface area contributed by atoms with Crippen molar-refractivity contribution in [2.75, 3.05) is 12.4 Å². The maximum atomic E-state index is 12.5. The highest BCUT2D eigenvalue weighted by Crippen LogP contribution is 2.32. The molecule has 4 nitrogen and oxygen atoms in total. The van der Waals surface area contributed by atoms with Crippen LogP contribution >= 0.6 is 0 Å². The number of Topliss-reactive ketones (excluding diaryl/α,β-unsaturated/α-hetero) is 1. The van der Waals surface area contributed by atoms with E-state index in [1.807, 2.05) is 25.1 Å². The van der Waals surface area contributed by atoms with Gasteiger partial charge in [-0.25, -0.2) is 8.78 Å². The smallest absolute Gasteiger partial charge is 0.264 e. The number of ketones is 1. The van der Waals surface area contributed by atoms with E-state index >= 15 is 0 Å². The predicted octanol–water partition coefficient (Wildman–Crippen LogP) is 7.55. The number of nitrogens with one attached hydrogen (secondary N) is 1. The topological polar surface area (TPSA) is 55.4 Å². The minimum Gasteiger partial charge on any atom is -0.496 e. The van der Waals surface area contributed by atoms with Crippen molar-refractivity contribution < 1.29 is 23.1 Å². The first-order chi connectivity index (χ1) is 16.2. The molecule has 0 radical (unpaired) electrons. The van der Waals surface area contributed by atoms with Crippen LogP contribution in [0.5, 0.6) is 5.75 Å². The molecular weight excluding hydrogens is 436 g/mol. The number of alkyl halides is 2. The van der Waals surface area contributed by atoms with Crippen molar-refractivity contribution >= 4 is 17.4 Å². The molecule has 2 aromatic carbocycles. The lowest BCUT2D eigenvalue weighted by atomic mass is 9.80. The summed E-state index contributed by atoms with van der Waals surface area (Å²) in [6, 6.07) is 10.3. The molecule has 1 saturated carbocycles. The zero-order valence-corrected chi connectivity index (χ0v) is 20.9. The molecule has 0 aliphatic heterocycles. The number of carbonyl (C=O) groups excluding carboxylic acids is 2. The summed E-state index contributed by atoms with van der Waals surface area (Å²) >= 11 is 0. The van der Waals surface area contributed by atoms with Crippen molar-refractivity contribution in [2.45, 2.75) is 72.6 Å². The van der Waals surface area contributed by atoms with Gasteiger partial charge >= 0.3 is 0 Å². The van der Waals surface area contributed by atoms with Gasteiger partial charge in [0, 0.05) is 28.8 Å². The molecule has 1 aliphatic rings. The van der Waals surface area contributed by atoms with Crippen LogP contribution in [0.3, 0.4) is 0 Å². The van der Waals surface area contributed by atoms with Gasteiger partial charge in [0.25, 0.3) is 6.43 Å². The highest BCUT2D eigenvalue weighted by Gasteiger charge is 2.25. The lowest BCUT2D eigenvalue weighted by Gasteiger charge is -2.27. The van der Waals surface area contributed by atoms with Crippen molar-refractivity contribution in [1.82, 2.24) is 0 Å². The summed E-state index contributed by atoms with van der Waals surface area (Å²) in [6.45, 7) is 7.40. The van der Waals surface area contributed by atoms with Crippen molar-refractivity contribution in [2.24, 2.45) is 11.8 Å². The third kappa shape index (κ3) is 7.37. The fourth-order valence-corrected chi connectivity index (χ4v) is 4.51. The number of anilines is 1. The fraction of sp³-hybridized carbons (Fsp3) is 0.500. The van der Waals surface area contributed by atoms with E-state index in [0.29, 0.717) is 17.5 Å². The minimum absolute atomic E-state index is 0.0276. The van der Waals surface area contributed by atoms with Crippen molar-refractivity contribution in [3.8, 4) is 5.75 Å². The summed E-state index contributed by atoms with van der Waals surface area (Å²) in [5, 5.41) is 3.03. The Bertz CT molecular complexity index is 966. The second-order valence-corrected chi connectivity index (χ2v) is 8.88. The Labute approximate surface area is 202 Å². The first-order valence-corrected chi connectivity index (χ1v) is 12.1. The Kier molecular flexibility index (Phi) is 10.7. The van der Waals surface area contributed by atoms with Crippen LogP contribution in [0.1, 0.15) is 86.3 Å². The molecule has 0 bridgehead atoms. The molecule has 0 heterocycles. The third-order valence-electron chi connectivity index (χ3n) is 6.65. The Morgan fingerprint density at radius 2 is 1.76 bits per heavy atom. The van der Waals surface area contributed by atoms with E-state index < -0.39 is 6.43 Å². The number of methoxy groups -OCH3 is 1. The van der Waals surface area contributed by atoms with Gasteiger partial charge in [0.2, 0.25) is 5.91 Å². The average Bonchev–Trinajstić information content (AvgIpc) is 2.84. The van der Waals surface area contributed by atoms with Crippen molar-refractivity contribution in [1.29, 1.82) is 0 Å². The standard InChI is InChI=1S/C17H25NO2.C11H12F2O/c1-4-13-6-8-14(9-7-13)17(19)18-15-10-5-12(2)16(11-15)20-3;1-3-8-9(7(2)14)5-4-6-10(8)11(12)13/h5,10-11,13-14H,4,6-9H2,1-3H3,(H,18,19);4-6,11H,3H2,1-2H3. The lowest BCUT2D eigenvalue weighted by Crippen LogP contribution is -2.27. The molecule has 34 heavy (non-hydrogen) atoms.